The van der Waals surface area contributed by atoms with Crippen molar-refractivity contribution in [3.8, 4) is 5.75 Å². The highest BCUT2D eigenvalue weighted by Gasteiger charge is 2.23. The molecule has 0 radical (unpaired) electrons. The molecular weight excluding hydrogens is 314 g/mol. The van der Waals surface area contributed by atoms with Gasteiger partial charge in [-0.05, 0) is 37.1 Å². The number of carbonyl (C=O) groups excluding carboxylic acids is 1. The highest BCUT2D eigenvalue weighted by atomic mass is 35.5. The third-order valence-corrected chi connectivity index (χ3v) is 3.59. The molecule has 7 heteroatoms. The highest BCUT2D eigenvalue weighted by Crippen LogP contribution is 2.17. The number of rotatable bonds is 5. The normalized spacial score (nSPS) is 17.7. The largest absolute Gasteiger partial charge is 0.435 e. The van der Waals surface area contributed by atoms with Crippen LogP contribution in [-0.2, 0) is 11.3 Å². The average Bonchev–Trinajstić information content (AvgIpc) is 2.49. The number of halogens is 3. The Morgan fingerprint density at radius 3 is 2.64 bits per heavy atom. The Labute approximate surface area is 135 Å². The molecule has 0 spiro atoms. The average molecular weight is 335 g/mol. The molecule has 1 aromatic carbocycles. The molecule has 1 amide bonds. The third-order valence-electron chi connectivity index (χ3n) is 3.59. The lowest BCUT2D eigenvalue weighted by Gasteiger charge is -2.27. The zero-order chi connectivity index (χ0) is 15.2. The monoisotopic (exact) mass is 334 g/mol. The van der Waals surface area contributed by atoms with Gasteiger partial charge >= 0.3 is 6.61 Å². The Kier molecular flexibility index (Phi) is 7.55. The van der Waals surface area contributed by atoms with Crippen LogP contribution < -0.4 is 10.1 Å². The van der Waals surface area contributed by atoms with Crippen molar-refractivity contribution in [2.45, 2.75) is 26.0 Å². The number of amides is 1. The van der Waals surface area contributed by atoms with Crippen LogP contribution in [0.2, 0.25) is 0 Å². The number of nitrogens with one attached hydrogen (secondary N) is 1. The number of carbonyl (C=O) groups is 1. The SMILES string of the molecule is CN(Cc1ccc(OC(F)F)cc1)C(=O)C1CCCNC1.Cl. The Hall–Kier alpha value is -1.40. The van der Waals surface area contributed by atoms with Gasteiger partial charge in [0.05, 0.1) is 5.92 Å². The van der Waals surface area contributed by atoms with E-state index >= 15 is 0 Å². The van der Waals surface area contributed by atoms with Crippen molar-refractivity contribution in [3.05, 3.63) is 29.8 Å². The maximum absolute atomic E-state index is 12.3. The Bertz CT molecular complexity index is 465. The molecule has 2 rings (SSSR count). The highest BCUT2D eigenvalue weighted by molar-refractivity contribution is 5.85. The number of hydrogen-bond donors (Lipinski definition) is 1. The maximum atomic E-state index is 12.3. The van der Waals surface area contributed by atoms with Crippen LogP contribution in [0.1, 0.15) is 18.4 Å². The molecule has 0 aromatic heterocycles. The van der Waals surface area contributed by atoms with E-state index in [2.05, 4.69) is 10.1 Å². The quantitative estimate of drug-likeness (QED) is 0.900. The Balaban J connectivity index is 0.00000242. The van der Waals surface area contributed by atoms with Gasteiger partial charge in [0.25, 0.3) is 0 Å². The topological polar surface area (TPSA) is 41.6 Å². The summed E-state index contributed by atoms with van der Waals surface area (Å²) in [7, 11) is 1.76. The van der Waals surface area contributed by atoms with Gasteiger partial charge in [0.1, 0.15) is 5.75 Å². The molecule has 1 heterocycles. The standard InChI is InChI=1S/C15H20F2N2O2.ClH/c1-19(14(20)12-3-2-8-18-9-12)10-11-4-6-13(7-5-11)21-15(16)17;/h4-7,12,15,18H,2-3,8-10H2,1H3;1H. The molecule has 0 aliphatic carbocycles. The van der Waals surface area contributed by atoms with Crippen LogP contribution in [0.25, 0.3) is 0 Å². The van der Waals surface area contributed by atoms with E-state index in [9.17, 15) is 13.6 Å². The van der Waals surface area contributed by atoms with Gasteiger partial charge in [0.2, 0.25) is 5.91 Å². The van der Waals surface area contributed by atoms with Crippen LogP contribution in [0.4, 0.5) is 8.78 Å². The number of benzene rings is 1. The maximum Gasteiger partial charge on any atom is 0.387 e. The molecule has 124 valence electrons. The van der Waals surface area contributed by atoms with E-state index < -0.39 is 6.61 Å². The fourth-order valence-corrected chi connectivity index (χ4v) is 2.50. The molecule has 0 saturated carbocycles. The van der Waals surface area contributed by atoms with Gasteiger partial charge in [0, 0.05) is 20.1 Å². The van der Waals surface area contributed by atoms with E-state index in [4.69, 9.17) is 0 Å². The number of piperidine rings is 1. The second-order valence-corrected chi connectivity index (χ2v) is 5.26. The first-order valence-electron chi connectivity index (χ1n) is 7.05. The number of nitrogens with zero attached hydrogens (tertiary/aromatic N) is 1. The Morgan fingerprint density at radius 1 is 1.41 bits per heavy atom. The first-order valence-corrected chi connectivity index (χ1v) is 7.05. The molecule has 1 aromatic rings. The lowest BCUT2D eigenvalue weighted by atomic mass is 9.98. The van der Waals surface area contributed by atoms with Gasteiger partial charge in [-0.1, -0.05) is 12.1 Å². The molecule has 1 fully saturated rings. The first-order chi connectivity index (χ1) is 10.1. The van der Waals surface area contributed by atoms with Crippen LogP contribution >= 0.6 is 12.4 Å². The summed E-state index contributed by atoms with van der Waals surface area (Å²) >= 11 is 0. The predicted octanol–water partition coefficient (Wildman–Crippen LogP) is 2.67. The van der Waals surface area contributed by atoms with Gasteiger partial charge < -0.3 is 15.0 Å². The molecule has 1 unspecified atom stereocenters. The van der Waals surface area contributed by atoms with E-state index in [-0.39, 0.29) is 30.0 Å². The number of alkyl halides is 2. The molecule has 4 nitrogen and oxygen atoms in total. The first kappa shape index (κ1) is 18.6. The minimum Gasteiger partial charge on any atom is -0.435 e. The van der Waals surface area contributed by atoms with E-state index in [1.807, 2.05) is 0 Å². The summed E-state index contributed by atoms with van der Waals surface area (Å²) in [5.74, 6) is 0.277. The van der Waals surface area contributed by atoms with Crippen LogP contribution in [0.5, 0.6) is 5.75 Å². The number of hydrogen-bond acceptors (Lipinski definition) is 3. The van der Waals surface area contributed by atoms with E-state index in [0.29, 0.717) is 6.54 Å². The minimum atomic E-state index is -2.82. The molecule has 1 aliphatic rings. The summed E-state index contributed by atoms with van der Waals surface area (Å²) in [6, 6.07) is 6.37. The van der Waals surface area contributed by atoms with Crippen molar-refractivity contribution in [3.63, 3.8) is 0 Å². The third kappa shape index (κ3) is 5.42. The smallest absolute Gasteiger partial charge is 0.387 e. The zero-order valence-corrected chi connectivity index (χ0v) is 13.2. The van der Waals surface area contributed by atoms with Gasteiger partial charge in [-0.25, -0.2) is 0 Å². The second-order valence-electron chi connectivity index (χ2n) is 5.26. The van der Waals surface area contributed by atoms with Gasteiger partial charge in [0.15, 0.2) is 0 Å². The lowest BCUT2D eigenvalue weighted by Crippen LogP contribution is -2.41. The predicted molar refractivity (Wildman–Crippen MR) is 82.4 cm³/mol. The summed E-state index contributed by atoms with van der Waals surface area (Å²) in [5.41, 5.74) is 0.885. The van der Waals surface area contributed by atoms with Crippen LogP contribution in [0, 0.1) is 5.92 Å². The van der Waals surface area contributed by atoms with Crippen molar-refractivity contribution in [1.82, 2.24) is 10.2 Å². The van der Waals surface area contributed by atoms with Crippen LogP contribution in [-0.4, -0.2) is 37.6 Å². The van der Waals surface area contributed by atoms with Crippen molar-refractivity contribution >= 4 is 18.3 Å². The van der Waals surface area contributed by atoms with Crippen LogP contribution in [0.3, 0.4) is 0 Å². The molecule has 1 N–H and O–H groups in total. The van der Waals surface area contributed by atoms with E-state index in [0.717, 1.165) is 31.5 Å². The summed E-state index contributed by atoms with van der Waals surface area (Å²) in [6.45, 7) is -0.660. The summed E-state index contributed by atoms with van der Waals surface area (Å²) < 4.78 is 28.4. The van der Waals surface area contributed by atoms with Crippen molar-refractivity contribution in [2.75, 3.05) is 20.1 Å². The number of ether oxygens (including phenoxy) is 1. The van der Waals surface area contributed by atoms with Gasteiger partial charge in [-0.3, -0.25) is 4.79 Å². The summed E-state index contributed by atoms with van der Waals surface area (Å²) in [6.07, 6.45) is 1.93. The van der Waals surface area contributed by atoms with E-state index in [1.165, 1.54) is 12.1 Å². The molecule has 22 heavy (non-hydrogen) atoms. The van der Waals surface area contributed by atoms with Crippen molar-refractivity contribution < 1.29 is 18.3 Å². The fourth-order valence-electron chi connectivity index (χ4n) is 2.50. The molecule has 1 atom stereocenters. The van der Waals surface area contributed by atoms with Crippen LogP contribution in [0.15, 0.2) is 24.3 Å². The second kappa shape index (κ2) is 8.90. The molecule has 0 bridgehead atoms. The van der Waals surface area contributed by atoms with E-state index in [1.54, 1.807) is 24.1 Å². The molecule has 1 saturated heterocycles. The Morgan fingerprint density at radius 2 is 2.09 bits per heavy atom. The summed E-state index contributed by atoms with van der Waals surface area (Å²) in [5, 5.41) is 3.23. The lowest BCUT2D eigenvalue weighted by molar-refractivity contribution is -0.135. The molecule has 1 aliphatic heterocycles. The van der Waals surface area contributed by atoms with Crippen molar-refractivity contribution in [1.29, 1.82) is 0 Å². The molecular formula is C15H21ClF2N2O2. The van der Waals surface area contributed by atoms with Gasteiger partial charge in [-0.2, -0.15) is 8.78 Å². The minimum absolute atomic E-state index is 0. The fraction of sp³-hybridized carbons (Fsp3) is 0.533. The zero-order valence-electron chi connectivity index (χ0n) is 12.4. The van der Waals surface area contributed by atoms with Crippen molar-refractivity contribution in [2.24, 2.45) is 5.92 Å². The van der Waals surface area contributed by atoms with Gasteiger partial charge in [-0.15, -0.1) is 12.4 Å². The summed E-state index contributed by atoms with van der Waals surface area (Å²) in [4.78, 5) is 14.0.